The smallest absolute Gasteiger partial charge is 0.338 e. The molecule has 2 saturated carbocycles. The molecule has 1 amide bonds. The van der Waals surface area contributed by atoms with E-state index in [1.807, 2.05) is 33.9 Å². The molecule has 69 heavy (non-hydrogen) atoms. The lowest BCUT2D eigenvalue weighted by Gasteiger charge is -2.67. The first-order valence-electron chi connectivity index (χ1n) is 23.4. The first kappa shape index (κ1) is 51.3. The molecule has 0 aromatic heterocycles. The van der Waals surface area contributed by atoms with Crippen LogP contribution in [-0.2, 0) is 47.3 Å². The molecular formula is C53H65NO14Si. The van der Waals surface area contributed by atoms with Crippen molar-refractivity contribution >= 4 is 43.9 Å². The van der Waals surface area contributed by atoms with Gasteiger partial charge in [0.2, 0.25) is 0 Å². The van der Waals surface area contributed by atoms with Gasteiger partial charge in [0.1, 0.15) is 23.9 Å². The highest BCUT2D eigenvalue weighted by Crippen LogP contribution is 2.64. The van der Waals surface area contributed by atoms with Crippen LogP contribution in [0.4, 0.5) is 0 Å². The van der Waals surface area contributed by atoms with Crippen LogP contribution in [-0.4, -0.2) is 109 Å². The van der Waals surface area contributed by atoms with Gasteiger partial charge in [0.15, 0.2) is 31.9 Å². The van der Waals surface area contributed by atoms with Crippen LogP contribution in [0.15, 0.2) is 102 Å². The minimum absolute atomic E-state index is 0.0502. The molecule has 1 heterocycles. The van der Waals surface area contributed by atoms with Crippen molar-refractivity contribution < 1.29 is 67.1 Å². The number of esters is 4. The van der Waals surface area contributed by atoms with Crippen LogP contribution in [0.1, 0.15) is 107 Å². The summed E-state index contributed by atoms with van der Waals surface area (Å²) in [6.45, 7) is 18.2. The number of benzene rings is 3. The lowest BCUT2D eigenvalue weighted by Crippen LogP contribution is -2.82. The Labute approximate surface area is 404 Å². The Morgan fingerprint density at radius 2 is 1.39 bits per heavy atom. The fraction of sp³-hybridized carbons (Fsp3) is 0.509. The Kier molecular flexibility index (Phi) is 13.9. The van der Waals surface area contributed by atoms with E-state index in [1.54, 1.807) is 99.6 Å². The van der Waals surface area contributed by atoms with E-state index in [0.717, 1.165) is 6.92 Å². The first-order valence-corrected chi connectivity index (χ1v) is 26.3. The second kappa shape index (κ2) is 18.7. The molecule has 4 aliphatic rings. The van der Waals surface area contributed by atoms with Crippen molar-refractivity contribution in [3.63, 3.8) is 0 Å². The van der Waals surface area contributed by atoms with Crippen molar-refractivity contribution in [3.05, 3.63) is 119 Å². The summed E-state index contributed by atoms with van der Waals surface area (Å²) in [6, 6.07) is 24.2. The Hall–Kier alpha value is -5.52. The number of Topliss-reactive ketones (excluding diaryl/α,β-unsaturated/α-hetero) is 1. The molecule has 11 atom stereocenters. The number of carbonyl (C=O) groups excluding carboxylic acids is 6. The number of amides is 1. The predicted octanol–water partition coefficient (Wildman–Crippen LogP) is 6.77. The van der Waals surface area contributed by atoms with Crippen molar-refractivity contribution in [1.82, 2.24) is 5.32 Å². The summed E-state index contributed by atoms with van der Waals surface area (Å²) >= 11 is 0. The Morgan fingerprint density at radius 1 is 0.826 bits per heavy atom. The summed E-state index contributed by atoms with van der Waals surface area (Å²) in [5.41, 5.74) is -6.59. The predicted molar refractivity (Wildman–Crippen MR) is 254 cm³/mol. The quantitative estimate of drug-likeness (QED) is 0.0741. The van der Waals surface area contributed by atoms with E-state index in [1.165, 1.54) is 26.0 Å². The first-order chi connectivity index (χ1) is 32.2. The fourth-order valence-corrected chi connectivity index (χ4v) is 12.0. The Balaban J connectivity index is 1.44. The third kappa shape index (κ3) is 8.98. The van der Waals surface area contributed by atoms with Gasteiger partial charge in [-0.2, -0.15) is 0 Å². The van der Waals surface area contributed by atoms with Crippen LogP contribution in [0.3, 0.4) is 0 Å². The van der Waals surface area contributed by atoms with Gasteiger partial charge in [0.05, 0.1) is 35.6 Å². The van der Waals surface area contributed by atoms with Crippen molar-refractivity contribution in [2.45, 2.75) is 147 Å². The molecule has 3 fully saturated rings. The standard InChI is InChI=1S/C53H65NO14Si/c1-30-36(65-48(61)42(68-69(10,11)49(4,5)6)40(33-21-15-12-16-22-33)54-46(59)34-23-17-13-18-24-34)28-53(62)45(66-47(60)35-25-19-14-20-26-35)43-51(9,37(57)27-38-52(43,29-63-38)67-32(3)56)44(58)41(64-31(2)55)39(30)50(53,7)8/h12-26,36-38,40-43,45,57,62H,27-29H2,1-11H3,(H,54,59)/t36-,37-,38+,40?,41+,42+,43-,45-,51+,52-,53+/m0/s1. The number of hydrogen-bond acceptors (Lipinski definition) is 14. The summed E-state index contributed by atoms with van der Waals surface area (Å²) in [7, 11) is -2.93. The number of hydrogen-bond donors (Lipinski definition) is 3. The fourth-order valence-electron chi connectivity index (χ4n) is 10.8. The number of aliphatic hydroxyl groups excluding tert-OH is 1. The second-order valence-corrected chi connectivity index (χ2v) is 26.0. The molecule has 7 rings (SSSR count). The molecule has 16 heteroatoms. The van der Waals surface area contributed by atoms with Crippen molar-refractivity contribution in [3.8, 4) is 0 Å². The van der Waals surface area contributed by atoms with E-state index >= 15 is 9.59 Å². The van der Waals surface area contributed by atoms with Gasteiger partial charge in [-0.1, -0.05) is 101 Å². The van der Waals surface area contributed by atoms with E-state index in [0.29, 0.717) is 11.1 Å². The number of fused-ring (bicyclic) bond motifs is 5. The summed E-state index contributed by atoms with van der Waals surface area (Å²) < 4.78 is 38.2. The van der Waals surface area contributed by atoms with Gasteiger partial charge in [-0.25, -0.2) is 9.59 Å². The zero-order chi connectivity index (χ0) is 50.6. The molecule has 0 spiro atoms. The molecule has 1 aliphatic heterocycles. The summed E-state index contributed by atoms with van der Waals surface area (Å²) in [5, 5.41) is 28.8. The Morgan fingerprint density at radius 3 is 1.91 bits per heavy atom. The lowest BCUT2D eigenvalue weighted by atomic mass is 9.44. The third-order valence-electron chi connectivity index (χ3n) is 15.7. The number of aliphatic hydroxyl groups is 2. The van der Waals surface area contributed by atoms with Crippen LogP contribution in [0.5, 0.6) is 0 Å². The minimum atomic E-state index is -2.93. The molecule has 2 bridgehead atoms. The number of ketones is 1. The number of carbonyl (C=O) groups is 6. The molecule has 3 aromatic rings. The minimum Gasteiger partial charge on any atom is -0.456 e. The number of nitrogens with one attached hydrogen (secondary N) is 1. The van der Waals surface area contributed by atoms with E-state index in [4.69, 9.17) is 28.1 Å². The number of ether oxygens (including phenoxy) is 5. The van der Waals surface area contributed by atoms with Crippen molar-refractivity contribution in [2.24, 2.45) is 16.7 Å². The van der Waals surface area contributed by atoms with Gasteiger partial charge >= 0.3 is 23.9 Å². The lowest BCUT2D eigenvalue weighted by molar-refractivity contribution is -0.346. The maximum atomic E-state index is 15.8. The van der Waals surface area contributed by atoms with Crippen molar-refractivity contribution in [2.75, 3.05) is 6.61 Å². The molecule has 15 nitrogen and oxygen atoms in total. The molecular weight excluding hydrogens is 903 g/mol. The Bertz CT molecular complexity index is 2510. The average molecular weight is 968 g/mol. The van der Waals surface area contributed by atoms with E-state index < -0.39 is 126 Å². The monoisotopic (exact) mass is 967 g/mol. The van der Waals surface area contributed by atoms with E-state index in [-0.39, 0.29) is 29.7 Å². The maximum absolute atomic E-state index is 15.8. The largest absolute Gasteiger partial charge is 0.456 e. The molecule has 0 radical (unpaired) electrons. The molecule has 370 valence electrons. The van der Waals surface area contributed by atoms with Gasteiger partial charge in [0, 0.05) is 37.7 Å². The zero-order valence-electron chi connectivity index (χ0n) is 41.2. The zero-order valence-corrected chi connectivity index (χ0v) is 42.2. The van der Waals surface area contributed by atoms with Crippen molar-refractivity contribution in [1.29, 1.82) is 0 Å². The molecule has 3 N–H and O–H groups in total. The van der Waals surface area contributed by atoms with Crippen LogP contribution in [0.25, 0.3) is 0 Å². The van der Waals surface area contributed by atoms with Gasteiger partial charge in [-0.15, -0.1) is 0 Å². The summed E-state index contributed by atoms with van der Waals surface area (Å²) in [6.07, 6.45) is -9.79. The van der Waals surface area contributed by atoms with Crippen LogP contribution in [0.2, 0.25) is 18.1 Å². The van der Waals surface area contributed by atoms with E-state index in [9.17, 15) is 29.4 Å². The highest BCUT2D eigenvalue weighted by Gasteiger charge is 2.78. The average Bonchev–Trinajstić information content (AvgIpc) is 3.28. The second-order valence-electron chi connectivity index (χ2n) is 21.2. The third-order valence-corrected chi connectivity index (χ3v) is 20.1. The molecule has 1 saturated heterocycles. The normalized spacial score (nSPS) is 30.4. The van der Waals surface area contributed by atoms with Gasteiger partial charge in [0.25, 0.3) is 5.91 Å². The van der Waals surface area contributed by atoms with Crippen LogP contribution in [0, 0.1) is 16.7 Å². The highest BCUT2D eigenvalue weighted by atomic mass is 28.4. The SMILES string of the molecule is CC(=O)O[C@H]1C(=O)[C@@]2(C)[C@H]([C@H](OC(=O)c3ccccc3)[C@]3(O)C[C@H](OC(=O)[C@H](O[Si](C)(C)C(C)(C)C)C(NC(=O)c4ccccc4)c4ccccc4)C(C)=C1C3(C)C)[C@]1(OC(C)=O)CO[C@@H]1C[C@@H]2O. The topological polar surface area (TPSA) is 210 Å². The highest BCUT2D eigenvalue weighted by molar-refractivity contribution is 6.74. The van der Waals surface area contributed by atoms with Crippen LogP contribution < -0.4 is 5.32 Å². The summed E-state index contributed by atoms with van der Waals surface area (Å²) in [4.78, 5) is 86.2. The maximum Gasteiger partial charge on any atom is 0.338 e. The molecule has 3 aliphatic carbocycles. The van der Waals surface area contributed by atoms with Gasteiger partial charge in [-0.05, 0) is 73.0 Å². The van der Waals surface area contributed by atoms with Gasteiger partial charge in [-0.3, -0.25) is 19.2 Å². The summed E-state index contributed by atoms with van der Waals surface area (Å²) in [5.74, 6) is -6.32. The molecule has 3 aromatic carbocycles. The number of rotatable bonds is 12. The molecule has 1 unspecified atom stereocenters. The van der Waals surface area contributed by atoms with Gasteiger partial charge < -0.3 is 43.6 Å². The van der Waals surface area contributed by atoms with E-state index in [2.05, 4.69) is 5.32 Å². The van der Waals surface area contributed by atoms with Crippen LogP contribution >= 0.6 is 0 Å².